The molecule has 2 aliphatic rings. The Labute approximate surface area is 151 Å². The Hall–Kier alpha value is -2.50. The van der Waals surface area contributed by atoms with E-state index in [0.717, 1.165) is 12.4 Å². The van der Waals surface area contributed by atoms with Gasteiger partial charge < -0.3 is 4.90 Å². The summed E-state index contributed by atoms with van der Waals surface area (Å²) in [5.41, 5.74) is 1.53. The molecule has 0 radical (unpaired) electrons. The largest absolute Gasteiger partial charge is 0.351 e. The highest BCUT2D eigenvalue weighted by molar-refractivity contribution is 5.60. The zero-order valence-corrected chi connectivity index (χ0v) is 15.1. The molecule has 1 aliphatic carbocycles. The van der Waals surface area contributed by atoms with Gasteiger partial charge in [-0.25, -0.2) is 4.39 Å². The van der Waals surface area contributed by atoms with Gasteiger partial charge in [-0.2, -0.15) is 4.52 Å². The normalized spacial score (nSPS) is 21.2. The summed E-state index contributed by atoms with van der Waals surface area (Å²) < 4.78 is 15.9. The molecular formula is C20H22FN5. The van der Waals surface area contributed by atoms with E-state index >= 15 is 0 Å². The van der Waals surface area contributed by atoms with Gasteiger partial charge in [0.05, 0.1) is 5.56 Å². The van der Waals surface area contributed by atoms with Gasteiger partial charge in [0, 0.05) is 18.0 Å². The number of hydrogen-bond donors (Lipinski definition) is 0. The first-order valence-electron chi connectivity index (χ1n) is 9.33. The third-order valence-corrected chi connectivity index (χ3v) is 6.09. The van der Waals surface area contributed by atoms with Crippen molar-refractivity contribution in [3.63, 3.8) is 0 Å². The van der Waals surface area contributed by atoms with E-state index in [-0.39, 0.29) is 5.82 Å². The molecule has 1 saturated carbocycles. The molecule has 134 valence electrons. The van der Waals surface area contributed by atoms with Crippen LogP contribution in [0.1, 0.15) is 33.1 Å². The van der Waals surface area contributed by atoms with E-state index in [1.54, 1.807) is 22.7 Å². The molecule has 1 spiro atoms. The molecule has 0 amide bonds. The molecule has 1 saturated heterocycles. The van der Waals surface area contributed by atoms with E-state index in [2.05, 4.69) is 28.9 Å². The monoisotopic (exact) mass is 351 g/mol. The van der Waals surface area contributed by atoms with Crippen LogP contribution in [-0.4, -0.2) is 32.4 Å². The Morgan fingerprint density at radius 1 is 1.12 bits per heavy atom. The van der Waals surface area contributed by atoms with Crippen LogP contribution in [0.25, 0.3) is 17.0 Å². The smallest absolute Gasteiger partial charge is 0.188 e. The Morgan fingerprint density at radius 2 is 1.92 bits per heavy atom. The molecule has 5 nitrogen and oxygen atoms in total. The van der Waals surface area contributed by atoms with Crippen molar-refractivity contribution in [2.75, 3.05) is 11.4 Å². The highest BCUT2D eigenvalue weighted by Gasteiger charge is 2.57. The SMILES string of the molecule is CC(C)[C@H]1N(c2ccc3nnc(-c4ccccc4F)n3n2)CC12CCC2. The minimum atomic E-state index is -0.313. The van der Waals surface area contributed by atoms with Gasteiger partial charge in [0.15, 0.2) is 11.5 Å². The lowest BCUT2D eigenvalue weighted by Crippen LogP contribution is -2.69. The number of aromatic nitrogens is 4. The Balaban J connectivity index is 1.56. The van der Waals surface area contributed by atoms with Crippen molar-refractivity contribution in [1.29, 1.82) is 0 Å². The molecule has 2 fully saturated rings. The molecule has 0 bridgehead atoms. The van der Waals surface area contributed by atoms with Crippen molar-refractivity contribution in [3.05, 3.63) is 42.2 Å². The number of nitrogens with zero attached hydrogens (tertiary/aromatic N) is 5. The molecule has 0 unspecified atom stereocenters. The van der Waals surface area contributed by atoms with E-state index in [1.807, 2.05) is 12.1 Å². The fraction of sp³-hybridized carbons (Fsp3) is 0.450. The van der Waals surface area contributed by atoms with Crippen LogP contribution in [0.3, 0.4) is 0 Å². The van der Waals surface area contributed by atoms with Gasteiger partial charge in [-0.1, -0.05) is 32.4 Å². The van der Waals surface area contributed by atoms with E-state index in [1.165, 1.54) is 25.3 Å². The summed E-state index contributed by atoms with van der Waals surface area (Å²) in [4.78, 5) is 2.40. The molecule has 3 aromatic rings. The Bertz CT molecular complexity index is 975. The number of fused-ring (bicyclic) bond motifs is 1. The van der Waals surface area contributed by atoms with Gasteiger partial charge in [0.2, 0.25) is 0 Å². The Morgan fingerprint density at radius 3 is 2.62 bits per heavy atom. The predicted octanol–water partition coefficient (Wildman–Crippen LogP) is 3.95. The molecule has 0 N–H and O–H groups in total. The first-order chi connectivity index (χ1) is 12.6. The van der Waals surface area contributed by atoms with Gasteiger partial charge >= 0.3 is 0 Å². The maximum Gasteiger partial charge on any atom is 0.188 e. The summed E-state index contributed by atoms with van der Waals surface area (Å²) in [5, 5.41) is 13.1. The standard InChI is InChI=1S/C20H22FN5/c1-13(2)18-20(10-5-11-20)12-25(18)17-9-8-16-22-23-19(26(16)24-17)14-6-3-4-7-15(14)21/h3-4,6-9,13,18H,5,10-12H2,1-2H3/t18-/m1/s1. The molecule has 1 atom stereocenters. The van der Waals surface area contributed by atoms with Crippen LogP contribution in [0.15, 0.2) is 36.4 Å². The van der Waals surface area contributed by atoms with Crippen LogP contribution in [0.4, 0.5) is 10.2 Å². The van der Waals surface area contributed by atoms with Gasteiger partial charge in [0.1, 0.15) is 11.6 Å². The summed E-state index contributed by atoms with van der Waals surface area (Å²) in [6, 6.07) is 11.1. The lowest BCUT2D eigenvalue weighted by molar-refractivity contribution is 0.00570. The van der Waals surface area contributed by atoms with Crippen LogP contribution in [0.2, 0.25) is 0 Å². The van der Waals surface area contributed by atoms with Crippen molar-refractivity contribution in [1.82, 2.24) is 19.8 Å². The fourth-order valence-electron chi connectivity index (χ4n) is 4.87. The number of rotatable bonds is 3. The fourth-order valence-corrected chi connectivity index (χ4v) is 4.87. The average molecular weight is 351 g/mol. The molecule has 26 heavy (non-hydrogen) atoms. The first-order valence-corrected chi connectivity index (χ1v) is 9.33. The van der Waals surface area contributed by atoms with Crippen molar-refractivity contribution >= 4 is 11.5 Å². The number of anilines is 1. The van der Waals surface area contributed by atoms with Crippen LogP contribution in [-0.2, 0) is 0 Å². The maximum atomic E-state index is 14.2. The predicted molar refractivity (Wildman–Crippen MR) is 98.4 cm³/mol. The third kappa shape index (κ3) is 2.11. The first kappa shape index (κ1) is 15.7. The zero-order valence-electron chi connectivity index (χ0n) is 15.1. The maximum absolute atomic E-state index is 14.2. The van der Waals surface area contributed by atoms with Gasteiger partial charge in [-0.15, -0.1) is 15.3 Å². The summed E-state index contributed by atoms with van der Waals surface area (Å²) in [6.45, 7) is 5.64. The topological polar surface area (TPSA) is 46.3 Å². The second-order valence-electron chi connectivity index (χ2n) is 8.00. The lowest BCUT2D eigenvalue weighted by atomic mass is 9.55. The minimum absolute atomic E-state index is 0.313. The molecule has 6 heteroatoms. The van der Waals surface area contributed by atoms with Crippen LogP contribution < -0.4 is 4.90 Å². The number of halogens is 1. The quantitative estimate of drug-likeness (QED) is 0.717. The summed E-state index contributed by atoms with van der Waals surface area (Å²) >= 11 is 0. The van der Waals surface area contributed by atoms with Crippen LogP contribution >= 0.6 is 0 Å². The molecular weight excluding hydrogens is 329 g/mol. The van der Waals surface area contributed by atoms with Crippen molar-refractivity contribution in [2.24, 2.45) is 11.3 Å². The second kappa shape index (κ2) is 5.50. The van der Waals surface area contributed by atoms with E-state index in [0.29, 0.717) is 34.4 Å². The highest BCUT2D eigenvalue weighted by Crippen LogP contribution is 2.56. The van der Waals surface area contributed by atoms with Gasteiger partial charge in [-0.3, -0.25) is 0 Å². The molecule has 3 heterocycles. The molecule has 1 aromatic carbocycles. The van der Waals surface area contributed by atoms with Gasteiger partial charge in [0.25, 0.3) is 0 Å². The van der Waals surface area contributed by atoms with E-state index in [4.69, 9.17) is 5.10 Å². The minimum Gasteiger partial charge on any atom is -0.351 e. The van der Waals surface area contributed by atoms with Crippen molar-refractivity contribution in [2.45, 2.75) is 39.2 Å². The van der Waals surface area contributed by atoms with E-state index < -0.39 is 0 Å². The van der Waals surface area contributed by atoms with Crippen molar-refractivity contribution < 1.29 is 4.39 Å². The highest BCUT2D eigenvalue weighted by atomic mass is 19.1. The average Bonchev–Trinajstić information content (AvgIpc) is 2.96. The van der Waals surface area contributed by atoms with Crippen LogP contribution in [0.5, 0.6) is 0 Å². The summed E-state index contributed by atoms with van der Waals surface area (Å²) in [5.74, 6) is 1.63. The number of hydrogen-bond acceptors (Lipinski definition) is 4. The third-order valence-electron chi connectivity index (χ3n) is 6.09. The summed E-state index contributed by atoms with van der Waals surface area (Å²) in [6.07, 6.45) is 3.98. The molecule has 2 aromatic heterocycles. The Kier molecular flexibility index (Phi) is 3.33. The lowest BCUT2D eigenvalue weighted by Gasteiger charge is -2.64. The van der Waals surface area contributed by atoms with Crippen molar-refractivity contribution in [3.8, 4) is 11.4 Å². The molecule has 5 rings (SSSR count). The second-order valence-corrected chi connectivity index (χ2v) is 8.00. The summed E-state index contributed by atoms with van der Waals surface area (Å²) in [7, 11) is 0. The van der Waals surface area contributed by atoms with E-state index in [9.17, 15) is 4.39 Å². The van der Waals surface area contributed by atoms with Crippen LogP contribution in [0, 0.1) is 17.2 Å². The van der Waals surface area contributed by atoms with Gasteiger partial charge in [-0.05, 0) is 43.0 Å². The number of benzene rings is 1. The molecule has 1 aliphatic heterocycles. The zero-order chi connectivity index (χ0) is 17.9.